The Morgan fingerprint density at radius 1 is 1.00 bits per heavy atom. The number of nitrogens with one attached hydrogen (secondary N) is 1. The first-order chi connectivity index (χ1) is 18.2. The van der Waals surface area contributed by atoms with E-state index < -0.39 is 6.36 Å². The summed E-state index contributed by atoms with van der Waals surface area (Å²) >= 11 is 0. The summed E-state index contributed by atoms with van der Waals surface area (Å²) in [5, 5.41) is 3.01. The van der Waals surface area contributed by atoms with Crippen molar-refractivity contribution in [2.45, 2.75) is 45.5 Å². The molecule has 0 saturated carbocycles. The van der Waals surface area contributed by atoms with Gasteiger partial charge in [-0.25, -0.2) is 4.98 Å². The lowest BCUT2D eigenvalue weighted by Gasteiger charge is -2.34. The maximum atomic E-state index is 12.9. The minimum absolute atomic E-state index is 0.162. The number of ether oxygens (including phenoxy) is 1. The lowest BCUT2D eigenvalue weighted by atomic mass is 9.89. The minimum atomic E-state index is -4.68. The first-order valence-corrected chi connectivity index (χ1v) is 12.6. The molecule has 6 nitrogen and oxygen atoms in total. The molecule has 0 radical (unpaired) electrons. The summed E-state index contributed by atoms with van der Waals surface area (Å²) in [6.45, 7) is 5.94. The molecular weight excluding hydrogens is 493 g/mol. The summed E-state index contributed by atoms with van der Waals surface area (Å²) < 4.78 is 43.0. The number of fused-ring (bicyclic) bond motifs is 1. The van der Waals surface area contributed by atoms with Crippen molar-refractivity contribution in [3.8, 4) is 5.75 Å². The number of hydrogen-bond acceptors (Lipinski definition) is 4. The van der Waals surface area contributed by atoms with Crippen molar-refractivity contribution in [1.82, 2.24) is 14.7 Å². The number of piperidine rings is 1. The third-order valence-corrected chi connectivity index (χ3v) is 6.99. The SMILES string of the molecule is Cc1ccc2nc(C)c(C(=O)NCc3ccc(N4CCC(c5ccc(OC(F)(F)F)cc5)CC4)cc3)n2c1. The lowest BCUT2D eigenvalue weighted by Crippen LogP contribution is -2.32. The number of hydrogen-bond donors (Lipinski definition) is 1. The number of carbonyl (C=O) groups excluding carboxylic acids is 1. The number of nitrogens with zero attached hydrogens (tertiary/aromatic N) is 3. The summed E-state index contributed by atoms with van der Waals surface area (Å²) in [6.07, 6.45) is -0.939. The lowest BCUT2D eigenvalue weighted by molar-refractivity contribution is -0.274. The highest BCUT2D eigenvalue weighted by Gasteiger charge is 2.31. The van der Waals surface area contributed by atoms with E-state index in [1.165, 1.54) is 12.1 Å². The van der Waals surface area contributed by atoms with Gasteiger partial charge in [-0.3, -0.25) is 9.20 Å². The van der Waals surface area contributed by atoms with E-state index >= 15 is 0 Å². The van der Waals surface area contributed by atoms with Crippen molar-refractivity contribution in [2.24, 2.45) is 0 Å². The van der Waals surface area contributed by atoms with Gasteiger partial charge in [0.2, 0.25) is 0 Å². The molecule has 1 amide bonds. The molecule has 0 spiro atoms. The van der Waals surface area contributed by atoms with Crippen LogP contribution in [0, 0.1) is 13.8 Å². The number of aromatic nitrogens is 2. The van der Waals surface area contributed by atoms with E-state index in [4.69, 9.17) is 0 Å². The predicted octanol–water partition coefficient (Wildman–Crippen LogP) is 6.16. The molecule has 1 N–H and O–H groups in total. The average molecular weight is 523 g/mol. The van der Waals surface area contributed by atoms with Crippen molar-refractivity contribution in [3.05, 3.63) is 94.9 Å². The topological polar surface area (TPSA) is 58.9 Å². The molecule has 9 heteroatoms. The van der Waals surface area contributed by atoms with Crippen LogP contribution in [-0.4, -0.2) is 34.7 Å². The van der Waals surface area contributed by atoms with Gasteiger partial charge in [-0.1, -0.05) is 30.3 Å². The van der Waals surface area contributed by atoms with Crippen LogP contribution in [-0.2, 0) is 6.54 Å². The Bertz CT molecular complexity index is 1420. The van der Waals surface area contributed by atoms with Gasteiger partial charge in [0.1, 0.15) is 17.1 Å². The molecule has 1 fully saturated rings. The van der Waals surface area contributed by atoms with Gasteiger partial charge in [0.05, 0.1) is 5.69 Å². The fraction of sp³-hybridized carbons (Fsp3) is 0.310. The van der Waals surface area contributed by atoms with Gasteiger partial charge in [-0.15, -0.1) is 13.2 Å². The van der Waals surface area contributed by atoms with Crippen molar-refractivity contribution in [3.63, 3.8) is 0 Å². The average Bonchev–Trinajstić information content (AvgIpc) is 3.22. The molecule has 38 heavy (non-hydrogen) atoms. The zero-order chi connectivity index (χ0) is 26.9. The largest absolute Gasteiger partial charge is 0.573 e. The summed E-state index contributed by atoms with van der Waals surface area (Å²) in [7, 11) is 0. The summed E-state index contributed by atoms with van der Waals surface area (Å²) in [4.78, 5) is 19.7. The Hall–Kier alpha value is -4.01. The number of imidazole rings is 1. The van der Waals surface area contributed by atoms with Crippen LogP contribution in [0.25, 0.3) is 5.65 Å². The van der Waals surface area contributed by atoms with Crippen LogP contribution in [0.5, 0.6) is 5.75 Å². The van der Waals surface area contributed by atoms with E-state index in [-0.39, 0.29) is 11.7 Å². The summed E-state index contributed by atoms with van der Waals surface area (Å²) in [5.74, 6) is -0.0592. The van der Waals surface area contributed by atoms with Crippen LogP contribution in [0.3, 0.4) is 0 Å². The number of amides is 1. The van der Waals surface area contributed by atoms with Gasteiger partial charge in [0.15, 0.2) is 0 Å². The van der Waals surface area contributed by atoms with Gasteiger partial charge >= 0.3 is 6.36 Å². The smallest absolute Gasteiger partial charge is 0.406 e. The monoisotopic (exact) mass is 522 g/mol. The third-order valence-electron chi connectivity index (χ3n) is 6.99. The van der Waals surface area contributed by atoms with Crippen molar-refractivity contribution >= 4 is 17.2 Å². The van der Waals surface area contributed by atoms with Crippen molar-refractivity contribution < 1.29 is 22.7 Å². The minimum Gasteiger partial charge on any atom is -0.406 e. The molecule has 1 aliphatic rings. The Kier molecular flexibility index (Phi) is 7.01. The van der Waals surface area contributed by atoms with E-state index in [1.54, 1.807) is 12.1 Å². The number of alkyl halides is 3. The highest BCUT2D eigenvalue weighted by Crippen LogP contribution is 2.32. The molecule has 1 aliphatic heterocycles. The molecular formula is C29H29F3N4O2. The number of carbonyl (C=O) groups is 1. The Labute approximate surface area is 219 Å². The van der Waals surface area contributed by atoms with Gasteiger partial charge in [-0.05, 0) is 79.6 Å². The van der Waals surface area contributed by atoms with Crippen LogP contribution in [0.1, 0.15) is 51.6 Å². The molecule has 2 aromatic carbocycles. The molecule has 3 heterocycles. The van der Waals surface area contributed by atoms with Crippen molar-refractivity contribution in [1.29, 1.82) is 0 Å². The van der Waals surface area contributed by atoms with Crippen LogP contribution in [0.15, 0.2) is 66.9 Å². The molecule has 198 valence electrons. The molecule has 0 aliphatic carbocycles. The molecule has 1 saturated heterocycles. The van der Waals surface area contributed by atoms with E-state index in [0.717, 1.165) is 54.0 Å². The van der Waals surface area contributed by atoms with Gasteiger partial charge in [0.25, 0.3) is 5.91 Å². The Morgan fingerprint density at radius 2 is 1.68 bits per heavy atom. The Morgan fingerprint density at radius 3 is 2.34 bits per heavy atom. The molecule has 2 aromatic heterocycles. The van der Waals surface area contributed by atoms with E-state index in [0.29, 0.717) is 23.9 Å². The maximum Gasteiger partial charge on any atom is 0.573 e. The fourth-order valence-corrected chi connectivity index (χ4v) is 5.05. The quantitative estimate of drug-likeness (QED) is 0.329. The first-order valence-electron chi connectivity index (χ1n) is 12.6. The van der Waals surface area contributed by atoms with Crippen LogP contribution < -0.4 is 15.0 Å². The van der Waals surface area contributed by atoms with Crippen LogP contribution in [0.2, 0.25) is 0 Å². The van der Waals surface area contributed by atoms with Crippen LogP contribution >= 0.6 is 0 Å². The van der Waals surface area contributed by atoms with Gasteiger partial charge in [-0.2, -0.15) is 0 Å². The highest BCUT2D eigenvalue weighted by atomic mass is 19.4. The Balaban J connectivity index is 1.15. The van der Waals surface area contributed by atoms with E-state index in [9.17, 15) is 18.0 Å². The summed E-state index contributed by atoms with van der Waals surface area (Å²) in [6, 6.07) is 18.3. The molecule has 0 atom stereocenters. The standard InChI is InChI=1S/C29H29F3N4O2/c1-19-3-12-26-34-20(2)27(36(26)18-19)28(37)33-17-21-4-8-24(9-5-21)35-15-13-23(14-16-35)22-6-10-25(11-7-22)38-29(30,31)32/h3-12,18,23H,13-17H2,1-2H3,(H,33,37). The van der Waals surface area contributed by atoms with Crippen molar-refractivity contribution in [2.75, 3.05) is 18.0 Å². The predicted molar refractivity (Wildman–Crippen MR) is 140 cm³/mol. The number of rotatable bonds is 6. The first kappa shape index (κ1) is 25.6. The normalized spacial score (nSPS) is 14.6. The zero-order valence-electron chi connectivity index (χ0n) is 21.3. The highest BCUT2D eigenvalue weighted by molar-refractivity contribution is 5.94. The second kappa shape index (κ2) is 10.4. The second-order valence-corrected chi connectivity index (χ2v) is 9.71. The summed E-state index contributed by atoms with van der Waals surface area (Å²) in [5.41, 5.74) is 6.18. The second-order valence-electron chi connectivity index (χ2n) is 9.71. The van der Waals surface area contributed by atoms with Gasteiger partial charge in [0, 0.05) is 31.5 Å². The molecule has 5 rings (SSSR count). The number of anilines is 1. The van der Waals surface area contributed by atoms with Crippen LogP contribution in [0.4, 0.5) is 18.9 Å². The van der Waals surface area contributed by atoms with Gasteiger partial charge < -0.3 is 15.0 Å². The number of aryl methyl sites for hydroxylation is 2. The fourth-order valence-electron chi connectivity index (χ4n) is 5.05. The molecule has 0 bridgehead atoms. The zero-order valence-corrected chi connectivity index (χ0v) is 21.3. The number of pyridine rings is 1. The number of halogens is 3. The maximum absolute atomic E-state index is 12.9. The van der Waals surface area contributed by atoms with E-state index in [1.807, 2.05) is 48.7 Å². The van der Waals surface area contributed by atoms with E-state index in [2.05, 4.69) is 32.1 Å². The molecule has 0 unspecified atom stereocenters. The third kappa shape index (κ3) is 5.77. The molecule has 4 aromatic rings. The number of benzene rings is 2.